The second-order valence-electron chi connectivity index (χ2n) is 11.3. The molecule has 0 nitrogen and oxygen atoms in total. The van der Waals surface area contributed by atoms with Crippen molar-refractivity contribution in [3.63, 3.8) is 0 Å². The van der Waals surface area contributed by atoms with Gasteiger partial charge in [0.25, 0.3) is 0 Å². The van der Waals surface area contributed by atoms with Gasteiger partial charge in [0.2, 0.25) is 0 Å². The van der Waals surface area contributed by atoms with E-state index in [1.807, 2.05) is 0 Å². The topological polar surface area (TPSA) is 0 Å². The fourth-order valence-corrected chi connectivity index (χ4v) is 7.38. The highest BCUT2D eigenvalue weighted by Crippen LogP contribution is 2.49. The van der Waals surface area contributed by atoms with Crippen molar-refractivity contribution in [1.82, 2.24) is 0 Å². The average Bonchev–Trinajstić information content (AvgIpc) is 2.74. The lowest BCUT2D eigenvalue weighted by Crippen LogP contribution is -2.34. The van der Waals surface area contributed by atoms with Crippen LogP contribution in [-0.2, 0) is 0 Å². The van der Waals surface area contributed by atoms with Crippen LogP contribution in [0.1, 0.15) is 142 Å². The summed E-state index contributed by atoms with van der Waals surface area (Å²) in [7, 11) is 0. The fraction of sp³-hybridized carbons (Fsp3) is 1.00. The molecule has 0 spiro atoms. The van der Waals surface area contributed by atoms with Crippen LogP contribution in [-0.4, -0.2) is 0 Å². The van der Waals surface area contributed by atoms with Gasteiger partial charge in [-0.1, -0.05) is 97.3 Å². The van der Waals surface area contributed by atoms with E-state index < -0.39 is 0 Å². The maximum absolute atomic E-state index is 2.34. The van der Waals surface area contributed by atoms with Gasteiger partial charge in [-0.3, -0.25) is 0 Å². The van der Waals surface area contributed by atoms with Crippen molar-refractivity contribution >= 4 is 0 Å². The molecule has 0 unspecified atom stereocenters. The van der Waals surface area contributed by atoms with Gasteiger partial charge in [0.15, 0.2) is 0 Å². The van der Waals surface area contributed by atoms with Crippen LogP contribution in [0.25, 0.3) is 0 Å². The van der Waals surface area contributed by atoms with Gasteiger partial charge in [0.05, 0.1) is 0 Å². The summed E-state index contributed by atoms with van der Waals surface area (Å²) in [6.07, 6.45) is 30.7. The van der Waals surface area contributed by atoms with Gasteiger partial charge in [-0.25, -0.2) is 0 Å². The quantitative estimate of drug-likeness (QED) is 0.309. The zero-order valence-corrected chi connectivity index (χ0v) is 19.6. The highest BCUT2D eigenvalue weighted by Gasteiger charge is 2.38. The first-order valence-corrected chi connectivity index (χ1v) is 13.8. The van der Waals surface area contributed by atoms with Crippen molar-refractivity contribution in [2.75, 3.05) is 0 Å². The van der Waals surface area contributed by atoms with Gasteiger partial charge < -0.3 is 0 Å². The molecule has 0 radical (unpaired) electrons. The van der Waals surface area contributed by atoms with Crippen LogP contribution in [0, 0.1) is 35.5 Å². The molecule has 3 aliphatic rings. The number of rotatable bonds is 11. The summed E-state index contributed by atoms with van der Waals surface area (Å²) in [6, 6.07) is 0. The summed E-state index contributed by atoms with van der Waals surface area (Å²) in [4.78, 5) is 0. The van der Waals surface area contributed by atoms with E-state index >= 15 is 0 Å². The Balaban J connectivity index is 1.32. The molecule has 3 fully saturated rings. The van der Waals surface area contributed by atoms with Crippen LogP contribution >= 0.6 is 0 Å². The number of hydrogen-bond donors (Lipinski definition) is 0. The number of hydrogen-bond acceptors (Lipinski definition) is 0. The van der Waals surface area contributed by atoms with E-state index in [1.165, 1.54) is 57.8 Å². The highest BCUT2D eigenvalue weighted by atomic mass is 14.4. The Kier molecular flexibility index (Phi) is 10.2. The molecule has 0 aromatic carbocycles. The molecule has 3 aliphatic carbocycles. The lowest BCUT2D eigenvalue weighted by molar-refractivity contribution is 0.0574. The minimum atomic E-state index is 1.09. The Hall–Kier alpha value is 0. The van der Waals surface area contributed by atoms with Crippen molar-refractivity contribution in [3.8, 4) is 0 Å². The van der Waals surface area contributed by atoms with Gasteiger partial charge in [-0.15, -0.1) is 0 Å². The Morgan fingerprint density at radius 1 is 0.429 bits per heavy atom. The Morgan fingerprint density at radius 3 is 1.64 bits per heavy atom. The molecule has 0 amide bonds. The second kappa shape index (κ2) is 12.6. The molecule has 164 valence electrons. The molecule has 0 heterocycles. The minimum absolute atomic E-state index is 1.09. The molecule has 4 atom stereocenters. The third-order valence-electron chi connectivity index (χ3n) is 9.25. The van der Waals surface area contributed by atoms with Crippen molar-refractivity contribution in [1.29, 1.82) is 0 Å². The zero-order valence-electron chi connectivity index (χ0n) is 19.6. The molecule has 3 saturated carbocycles. The predicted octanol–water partition coefficient (Wildman–Crippen LogP) is 9.57. The summed E-state index contributed by atoms with van der Waals surface area (Å²) in [6.45, 7) is 4.67. The van der Waals surface area contributed by atoms with E-state index in [4.69, 9.17) is 0 Å². The standard InChI is InChI=1S/C28H52/c1-3-5-7-8-10-12-24-15-18-28-22-27(20-19-26(28)21-24)25-16-13-23(14-17-25)11-9-6-4-2/h23-28H,3-22H2,1-2H3/t23?,24-,25?,26-,27+,28+/m0/s1. The van der Waals surface area contributed by atoms with E-state index in [0.717, 1.165) is 35.5 Å². The first-order chi connectivity index (χ1) is 13.8. The first kappa shape index (κ1) is 22.7. The SMILES string of the molecule is CCCCCCC[C@H]1CC[C@@H]2C[C@H](C3CCC(CCCCC)CC3)CC[C@H]2C1. The molecule has 0 N–H and O–H groups in total. The van der Waals surface area contributed by atoms with Gasteiger partial charge >= 0.3 is 0 Å². The van der Waals surface area contributed by atoms with Crippen LogP contribution in [0.5, 0.6) is 0 Å². The first-order valence-electron chi connectivity index (χ1n) is 13.8. The molecular weight excluding hydrogens is 336 g/mol. The van der Waals surface area contributed by atoms with E-state index in [1.54, 1.807) is 70.6 Å². The predicted molar refractivity (Wildman–Crippen MR) is 125 cm³/mol. The Morgan fingerprint density at radius 2 is 0.893 bits per heavy atom. The Labute approximate surface area is 178 Å². The maximum Gasteiger partial charge on any atom is -0.0383 e. The summed E-state index contributed by atoms with van der Waals surface area (Å²) < 4.78 is 0. The second-order valence-corrected chi connectivity index (χ2v) is 11.3. The summed E-state index contributed by atoms with van der Waals surface area (Å²) in [5.74, 6) is 6.65. The van der Waals surface area contributed by atoms with E-state index in [9.17, 15) is 0 Å². The lowest BCUT2D eigenvalue weighted by Gasteiger charge is -2.45. The van der Waals surface area contributed by atoms with Gasteiger partial charge in [0, 0.05) is 0 Å². The van der Waals surface area contributed by atoms with E-state index in [2.05, 4.69) is 13.8 Å². The van der Waals surface area contributed by atoms with E-state index in [0.29, 0.717) is 0 Å². The van der Waals surface area contributed by atoms with Crippen LogP contribution in [0.15, 0.2) is 0 Å². The molecular formula is C28H52. The summed E-state index contributed by atoms with van der Waals surface area (Å²) >= 11 is 0. The Bertz CT molecular complexity index is 391. The van der Waals surface area contributed by atoms with E-state index in [-0.39, 0.29) is 0 Å². The smallest absolute Gasteiger partial charge is 0.0383 e. The molecule has 28 heavy (non-hydrogen) atoms. The normalized spacial score (nSPS) is 36.2. The average molecular weight is 389 g/mol. The number of fused-ring (bicyclic) bond motifs is 1. The van der Waals surface area contributed by atoms with Gasteiger partial charge in [0.1, 0.15) is 0 Å². The number of unbranched alkanes of at least 4 members (excludes halogenated alkanes) is 6. The van der Waals surface area contributed by atoms with Crippen LogP contribution in [0.2, 0.25) is 0 Å². The molecule has 0 aromatic rings. The molecule has 0 saturated heterocycles. The largest absolute Gasteiger partial charge is 0.0654 e. The van der Waals surface area contributed by atoms with Gasteiger partial charge in [-0.2, -0.15) is 0 Å². The van der Waals surface area contributed by atoms with Crippen molar-refractivity contribution in [2.24, 2.45) is 35.5 Å². The molecule has 0 aliphatic heterocycles. The third-order valence-corrected chi connectivity index (χ3v) is 9.25. The van der Waals surface area contributed by atoms with Crippen LogP contribution in [0.4, 0.5) is 0 Å². The van der Waals surface area contributed by atoms with Crippen molar-refractivity contribution in [3.05, 3.63) is 0 Å². The zero-order chi connectivity index (χ0) is 19.6. The molecule has 0 heteroatoms. The minimum Gasteiger partial charge on any atom is -0.0654 e. The van der Waals surface area contributed by atoms with Crippen LogP contribution < -0.4 is 0 Å². The third kappa shape index (κ3) is 7.05. The van der Waals surface area contributed by atoms with Crippen molar-refractivity contribution in [2.45, 2.75) is 142 Å². The lowest BCUT2D eigenvalue weighted by atomic mass is 9.60. The summed E-state index contributed by atoms with van der Waals surface area (Å²) in [5.41, 5.74) is 0. The monoisotopic (exact) mass is 388 g/mol. The fourth-order valence-electron chi connectivity index (χ4n) is 7.38. The highest BCUT2D eigenvalue weighted by molar-refractivity contribution is 4.89. The molecule has 3 rings (SSSR count). The van der Waals surface area contributed by atoms with Crippen LogP contribution in [0.3, 0.4) is 0 Å². The molecule has 0 bridgehead atoms. The summed E-state index contributed by atoms with van der Waals surface area (Å²) in [5, 5.41) is 0. The molecule has 0 aromatic heterocycles. The maximum atomic E-state index is 2.34. The van der Waals surface area contributed by atoms with Gasteiger partial charge in [-0.05, 0) is 80.5 Å². The van der Waals surface area contributed by atoms with Crippen molar-refractivity contribution < 1.29 is 0 Å².